The number of halogens is 2. The molecule has 0 radical (unpaired) electrons. The Morgan fingerprint density at radius 2 is 1.58 bits per heavy atom. The molecule has 0 spiro atoms. The van der Waals surface area contributed by atoms with Gasteiger partial charge in [0.25, 0.3) is 0 Å². The second kappa shape index (κ2) is 10.9. The number of ether oxygens (including phenoxy) is 2. The zero-order valence-electron chi connectivity index (χ0n) is 20.7. The quantitative estimate of drug-likeness (QED) is 0.199. The fourth-order valence-electron chi connectivity index (χ4n) is 3.43. The lowest BCUT2D eigenvalue weighted by Gasteiger charge is -2.25. The molecule has 0 saturated carbocycles. The molecule has 0 aliphatic rings. The van der Waals surface area contributed by atoms with E-state index < -0.39 is 30.1 Å². The molecule has 3 aromatic rings. The number of carbonyl (C=O) groups excluding carboxylic acids is 3. The fraction of sp³-hybridized carbons (Fsp3) is 0.250. The van der Waals surface area contributed by atoms with Crippen molar-refractivity contribution in [2.24, 2.45) is 5.41 Å². The molecule has 0 aliphatic carbocycles. The lowest BCUT2D eigenvalue weighted by Crippen LogP contribution is -2.30. The van der Waals surface area contributed by atoms with Crippen LogP contribution in [0.2, 0.25) is 5.02 Å². The van der Waals surface area contributed by atoms with Crippen molar-refractivity contribution >= 4 is 40.8 Å². The third kappa shape index (κ3) is 6.10. The third-order valence-corrected chi connectivity index (χ3v) is 5.73. The number of rotatable bonds is 6. The number of benzene rings is 3. The molecule has 188 valence electrons. The normalized spacial score (nSPS) is 11.1. The summed E-state index contributed by atoms with van der Waals surface area (Å²) in [5, 5.41) is 0.123. The monoisotopic (exact) mass is 511 g/mol. The molecule has 0 unspecified atom stereocenters. The fourth-order valence-corrected chi connectivity index (χ4v) is 3.69. The highest BCUT2D eigenvalue weighted by Gasteiger charge is 2.26. The predicted octanol–water partition coefficient (Wildman–Crippen LogP) is 7.15. The molecule has 3 rings (SSSR count). The molecular formula is C28H27ClFNO5. The molecule has 0 aliphatic heterocycles. The van der Waals surface area contributed by atoms with Crippen molar-refractivity contribution in [3.05, 3.63) is 93.8 Å². The van der Waals surface area contributed by atoms with Crippen molar-refractivity contribution in [1.82, 2.24) is 0 Å². The molecule has 36 heavy (non-hydrogen) atoms. The minimum Gasteiger partial charge on any atom is -0.427 e. The largest absolute Gasteiger partial charge is 0.427 e. The number of carbonyl (C=O) groups is 3. The van der Waals surface area contributed by atoms with Crippen LogP contribution in [-0.4, -0.2) is 24.6 Å². The standard InChI is InChI=1S/C28H27ClFNO5/c1-17-8-6-7-9-21(17)25(32)22-12-11-20(15-23(22)29)31(24-13-10-19(30)14-18(24)2)27(34)36-16-35-26(33)28(3,4)5/h6-15H,16H2,1-5H3. The summed E-state index contributed by atoms with van der Waals surface area (Å²) in [6.45, 7) is 7.88. The summed E-state index contributed by atoms with van der Waals surface area (Å²) in [5.41, 5.74) is 1.87. The molecule has 0 aromatic heterocycles. The first-order chi connectivity index (χ1) is 16.9. The molecule has 3 aromatic carbocycles. The van der Waals surface area contributed by atoms with Gasteiger partial charge >= 0.3 is 12.1 Å². The van der Waals surface area contributed by atoms with Crippen molar-refractivity contribution in [3.63, 3.8) is 0 Å². The van der Waals surface area contributed by atoms with Crippen LogP contribution >= 0.6 is 11.6 Å². The van der Waals surface area contributed by atoms with E-state index in [1.807, 2.05) is 19.1 Å². The highest BCUT2D eigenvalue weighted by molar-refractivity contribution is 6.35. The third-order valence-electron chi connectivity index (χ3n) is 5.41. The van der Waals surface area contributed by atoms with Crippen LogP contribution in [0, 0.1) is 25.1 Å². The summed E-state index contributed by atoms with van der Waals surface area (Å²) >= 11 is 6.49. The average Bonchev–Trinajstić information content (AvgIpc) is 2.80. The second-order valence-corrected chi connectivity index (χ2v) is 9.69. The zero-order chi connectivity index (χ0) is 26.6. The molecule has 0 heterocycles. The first-order valence-corrected chi connectivity index (χ1v) is 11.6. The number of esters is 1. The van der Waals surface area contributed by atoms with Gasteiger partial charge in [0, 0.05) is 11.1 Å². The molecule has 8 heteroatoms. The van der Waals surface area contributed by atoms with Gasteiger partial charge in [-0.05, 0) is 82.1 Å². The van der Waals surface area contributed by atoms with Gasteiger partial charge in [-0.15, -0.1) is 0 Å². The SMILES string of the molecule is Cc1ccccc1C(=O)c1ccc(N(C(=O)OCOC(=O)C(C)(C)C)c2ccc(F)cc2C)cc1Cl. The van der Waals surface area contributed by atoms with E-state index in [1.54, 1.807) is 45.9 Å². The Labute approximate surface area is 214 Å². The van der Waals surface area contributed by atoms with Crippen LogP contribution < -0.4 is 4.90 Å². The second-order valence-electron chi connectivity index (χ2n) is 9.28. The van der Waals surface area contributed by atoms with Gasteiger partial charge in [0.15, 0.2) is 5.78 Å². The van der Waals surface area contributed by atoms with Crippen molar-refractivity contribution in [2.45, 2.75) is 34.6 Å². The Bertz CT molecular complexity index is 1320. The zero-order valence-corrected chi connectivity index (χ0v) is 21.5. The number of aryl methyl sites for hydroxylation is 2. The van der Waals surface area contributed by atoms with Gasteiger partial charge in [-0.3, -0.25) is 9.59 Å². The number of nitrogens with zero attached hydrogens (tertiary/aromatic N) is 1. The van der Waals surface area contributed by atoms with Gasteiger partial charge in [0.2, 0.25) is 6.79 Å². The van der Waals surface area contributed by atoms with E-state index in [9.17, 15) is 18.8 Å². The number of ketones is 1. The summed E-state index contributed by atoms with van der Waals surface area (Å²) in [5.74, 6) is -1.27. The summed E-state index contributed by atoms with van der Waals surface area (Å²) in [7, 11) is 0. The van der Waals surface area contributed by atoms with Crippen LogP contribution in [-0.2, 0) is 14.3 Å². The summed E-state index contributed by atoms with van der Waals surface area (Å²) in [6, 6.07) is 15.6. The maximum absolute atomic E-state index is 13.8. The highest BCUT2D eigenvalue weighted by Crippen LogP contribution is 2.33. The van der Waals surface area contributed by atoms with E-state index in [1.165, 1.54) is 35.2 Å². The Kier molecular flexibility index (Phi) is 8.15. The van der Waals surface area contributed by atoms with E-state index in [0.717, 1.165) is 5.56 Å². The van der Waals surface area contributed by atoms with Crippen molar-refractivity contribution in [1.29, 1.82) is 0 Å². The van der Waals surface area contributed by atoms with Crippen molar-refractivity contribution < 1.29 is 28.2 Å². The minimum absolute atomic E-state index is 0.123. The van der Waals surface area contributed by atoms with Crippen LogP contribution in [0.25, 0.3) is 0 Å². The Morgan fingerprint density at radius 3 is 2.19 bits per heavy atom. The van der Waals surface area contributed by atoms with Crippen LogP contribution in [0.15, 0.2) is 60.7 Å². The minimum atomic E-state index is -0.875. The van der Waals surface area contributed by atoms with Gasteiger partial charge in [-0.2, -0.15) is 0 Å². The van der Waals surface area contributed by atoms with E-state index in [4.69, 9.17) is 21.1 Å². The maximum atomic E-state index is 13.8. The molecule has 0 atom stereocenters. The lowest BCUT2D eigenvalue weighted by atomic mass is 9.98. The number of hydrogen-bond donors (Lipinski definition) is 0. The van der Waals surface area contributed by atoms with E-state index in [2.05, 4.69) is 0 Å². The molecule has 0 N–H and O–H groups in total. The molecule has 0 bridgehead atoms. The van der Waals surface area contributed by atoms with E-state index in [0.29, 0.717) is 16.8 Å². The Hall–Kier alpha value is -3.71. The number of amides is 1. The molecule has 0 saturated heterocycles. The summed E-state index contributed by atoms with van der Waals surface area (Å²) < 4.78 is 24.0. The molecular weight excluding hydrogens is 485 g/mol. The van der Waals surface area contributed by atoms with Gasteiger partial charge in [0.05, 0.1) is 21.8 Å². The van der Waals surface area contributed by atoms with Crippen molar-refractivity contribution in [2.75, 3.05) is 11.7 Å². The van der Waals surface area contributed by atoms with E-state index >= 15 is 0 Å². The van der Waals surface area contributed by atoms with Gasteiger partial charge in [0.1, 0.15) is 5.82 Å². The summed E-state index contributed by atoms with van der Waals surface area (Å²) in [4.78, 5) is 39.4. The van der Waals surface area contributed by atoms with E-state index in [-0.39, 0.29) is 22.1 Å². The smallest absolute Gasteiger partial charge is 0.421 e. The average molecular weight is 512 g/mol. The highest BCUT2D eigenvalue weighted by atomic mass is 35.5. The Morgan fingerprint density at radius 1 is 0.889 bits per heavy atom. The van der Waals surface area contributed by atoms with Crippen LogP contribution in [0.5, 0.6) is 0 Å². The number of anilines is 2. The van der Waals surface area contributed by atoms with Gasteiger partial charge in [-0.25, -0.2) is 14.1 Å². The topological polar surface area (TPSA) is 72.9 Å². The molecule has 0 fully saturated rings. The van der Waals surface area contributed by atoms with Crippen LogP contribution in [0.4, 0.5) is 20.6 Å². The van der Waals surface area contributed by atoms with Gasteiger partial charge < -0.3 is 9.47 Å². The maximum Gasteiger partial charge on any atom is 0.421 e. The number of hydrogen-bond acceptors (Lipinski definition) is 5. The first kappa shape index (κ1) is 26.9. The Balaban J connectivity index is 1.95. The van der Waals surface area contributed by atoms with Crippen LogP contribution in [0.3, 0.4) is 0 Å². The summed E-state index contributed by atoms with van der Waals surface area (Å²) in [6.07, 6.45) is -0.875. The predicted molar refractivity (Wildman–Crippen MR) is 136 cm³/mol. The van der Waals surface area contributed by atoms with Crippen LogP contribution in [0.1, 0.15) is 47.8 Å². The van der Waals surface area contributed by atoms with Gasteiger partial charge in [-0.1, -0.05) is 35.9 Å². The lowest BCUT2D eigenvalue weighted by molar-refractivity contribution is -0.161. The molecule has 6 nitrogen and oxygen atoms in total. The first-order valence-electron chi connectivity index (χ1n) is 11.2. The van der Waals surface area contributed by atoms with Crippen molar-refractivity contribution in [3.8, 4) is 0 Å². The molecule has 1 amide bonds.